The number of imidazole rings is 1. The molecule has 0 radical (unpaired) electrons. The molecular formula is C23H30FN7. The lowest BCUT2D eigenvalue weighted by molar-refractivity contribution is 0.484. The minimum atomic E-state index is -0.488. The summed E-state index contributed by atoms with van der Waals surface area (Å²) in [6.07, 6.45) is 4.00. The first-order valence-electron chi connectivity index (χ1n) is 11.1. The van der Waals surface area contributed by atoms with E-state index in [1.807, 2.05) is 18.2 Å². The van der Waals surface area contributed by atoms with E-state index in [2.05, 4.69) is 46.3 Å². The number of benzene rings is 1. The molecule has 1 saturated carbocycles. The highest BCUT2D eigenvalue weighted by molar-refractivity contribution is 5.76. The first-order valence-corrected chi connectivity index (χ1v) is 11.1. The fourth-order valence-electron chi connectivity index (χ4n) is 4.93. The van der Waals surface area contributed by atoms with Gasteiger partial charge in [0, 0.05) is 17.3 Å². The zero-order valence-electron chi connectivity index (χ0n) is 18.3. The van der Waals surface area contributed by atoms with Crippen LogP contribution in [0.4, 0.5) is 22.0 Å². The third-order valence-electron chi connectivity index (χ3n) is 6.25. The van der Waals surface area contributed by atoms with E-state index in [1.165, 1.54) is 0 Å². The maximum atomic E-state index is 13.2. The first-order chi connectivity index (χ1) is 14.9. The van der Waals surface area contributed by atoms with Crippen LogP contribution in [0.15, 0.2) is 30.5 Å². The van der Waals surface area contributed by atoms with Crippen LogP contribution in [-0.4, -0.2) is 38.1 Å². The highest BCUT2D eigenvalue weighted by atomic mass is 19.1. The van der Waals surface area contributed by atoms with Crippen LogP contribution in [0.3, 0.4) is 0 Å². The number of hydrogen-bond donors (Lipinski definition) is 3. The van der Waals surface area contributed by atoms with Gasteiger partial charge in [-0.05, 0) is 76.2 Å². The monoisotopic (exact) mass is 423 g/mol. The van der Waals surface area contributed by atoms with E-state index < -0.39 is 6.67 Å². The number of hydrogen-bond acceptors (Lipinski definition) is 6. The van der Waals surface area contributed by atoms with Gasteiger partial charge in [-0.25, -0.2) is 14.4 Å². The van der Waals surface area contributed by atoms with Crippen molar-refractivity contribution < 1.29 is 4.39 Å². The van der Waals surface area contributed by atoms with Crippen molar-refractivity contribution in [3.63, 3.8) is 0 Å². The van der Waals surface area contributed by atoms with Crippen molar-refractivity contribution in [2.75, 3.05) is 23.7 Å². The average Bonchev–Trinajstić information content (AvgIpc) is 3.39. The topological polar surface area (TPSA) is 79.7 Å². The fraction of sp³-hybridized carbons (Fsp3) is 0.522. The average molecular weight is 424 g/mol. The third kappa shape index (κ3) is 4.08. The molecule has 2 aromatic heterocycles. The van der Waals surface area contributed by atoms with Crippen molar-refractivity contribution in [1.82, 2.24) is 24.8 Å². The molecule has 1 aliphatic heterocycles. The molecule has 2 fully saturated rings. The van der Waals surface area contributed by atoms with Crippen LogP contribution < -0.4 is 16.0 Å². The predicted octanol–water partition coefficient (Wildman–Crippen LogP) is 4.42. The number of fused-ring (bicyclic) bond motifs is 2. The summed E-state index contributed by atoms with van der Waals surface area (Å²) in [5.74, 6) is 2.73. The number of rotatable bonds is 5. The lowest BCUT2D eigenvalue weighted by atomic mass is 10.0. The summed E-state index contributed by atoms with van der Waals surface area (Å²) in [4.78, 5) is 14.2. The molecule has 0 spiro atoms. The minimum Gasteiger partial charge on any atom is -0.350 e. The maximum Gasteiger partial charge on any atom is 0.225 e. The van der Waals surface area contributed by atoms with Gasteiger partial charge in [0.05, 0.1) is 6.20 Å². The van der Waals surface area contributed by atoms with E-state index in [9.17, 15) is 4.39 Å². The Hall–Kier alpha value is -2.74. The van der Waals surface area contributed by atoms with Crippen molar-refractivity contribution in [3.8, 4) is 0 Å². The summed E-state index contributed by atoms with van der Waals surface area (Å²) in [6.45, 7) is 7.95. The number of anilines is 3. The quantitative estimate of drug-likeness (QED) is 0.564. The molecule has 0 amide bonds. The molecule has 2 atom stereocenters. The summed E-state index contributed by atoms with van der Waals surface area (Å²) in [5, 5.41) is 10.3. The molecule has 3 aromatic rings. The molecule has 1 saturated heterocycles. The van der Waals surface area contributed by atoms with Gasteiger partial charge in [0.25, 0.3) is 0 Å². The van der Waals surface area contributed by atoms with Gasteiger partial charge < -0.3 is 16.0 Å². The number of alkyl halides is 1. The molecule has 1 aromatic carbocycles. The van der Waals surface area contributed by atoms with Crippen molar-refractivity contribution in [3.05, 3.63) is 36.0 Å². The first kappa shape index (κ1) is 20.2. The molecule has 5 rings (SSSR count). The van der Waals surface area contributed by atoms with Crippen LogP contribution in [0.25, 0.3) is 11.2 Å². The highest BCUT2D eigenvalue weighted by Gasteiger charge is 2.39. The Morgan fingerprint density at radius 1 is 1.16 bits per heavy atom. The molecule has 31 heavy (non-hydrogen) atoms. The van der Waals surface area contributed by atoms with Crippen LogP contribution >= 0.6 is 0 Å². The molecule has 3 N–H and O–H groups in total. The number of aromatic nitrogens is 4. The van der Waals surface area contributed by atoms with Crippen LogP contribution in [0.5, 0.6) is 0 Å². The lowest BCUT2D eigenvalue weighted by Crippen LogP contribution is -2.27. The van der Waals surface area contributed by atoms with E-state index >= 15 is 0 Å². The SMILES string of the molecule is CC(C)(C)Nc1ncc2nc(Nc3cccc(CF)c3)n(C3CC4CNCC4C3)c2n1. The van der Waals surface area contributed by atoms with Gasteiger partial charge in [0.1, 0.15) is 12.2 Å². The van der Waals surface area contributed by atoms with E-state index in [1.54, 1.807) is 12.3 Å². The summed E-state index contributed by atoms with van der Waals surface area (Å²) in [5.41, 5.74) is 2.93. The Bertz CT molecular complexity index is 1080. The molecular weight excluding hydrogens is 393 g/mol. The maximum absolute atomic E-state index is 13.2. The van der Waals surface area contributed by atoms with Crippen molar-refractivity contribution in [1.29, 1.82) is 0 Å². The van der Waals surface area contributed by atoms with Crippen LogP contribution in [-0.2, 0) is 6.67 Å². The Labute approximate surface area is 181 Å². The van der Waals surface area contributed by atoms with E-state index in [0.29, 0.717) is 29.4 Å². The Balaban J connectivity index is 1.56. The molecule has 1 aliphatic carbocycles. The largest absolute Gasteiger partial charge is 0.350 e. The van der Waals surface area contributed by atoms with E-state index in [-0.39, 0.29) is 5.54 Å². The van der Waals surface area contributed by atoms with Crippen molar-refractivity contribution in [2.45, 2.75) is 51.9 Å². The molecule has 0 bridgehead atoms. The van der Waals surface area contributed by atoms with Crippen molar-refractivity contribution >= 4 is 28.7 Å². The van der Waals surface area contributed by atoms with Gasteiger partial charge in [-0.3, -0.25) is 4.57 Å². The van der Waals surface area contributed by atoms with Crippen LogP contribution in [0, 0.1) is 11.8 Å². The van der Waals surface area contributed by atoms with E-state index in [0.717, 1.165) is 48.7 Å². The zero-order valence-corrected chi connectivity index (χ0v) is 18.3. The second-order valence-electron chi connectivity index (χ2n) is 9.85. The van der Waals surface area contributed by atoms with Gasteiger partial charge in [-0.2, -0.15) is 4.98 Å². The van der Waals surface area contributed by atoms with E-state index in [4.69, 9.17) is 9.97 Å². The number of halogens is 1. The summed E-state index contributed by atoms with van der Waals surface area (Å²) in [7, 11) is 0. The standard InChI is InChI=1S/C23H30FN7/c1-23(2,3)30-21-26-13-19-20(29-21)31(18-8-15-11-25-12-16(15)9-18)22(28-19)27-17-6-4-5-14(7-17)10-24/h4-7,13,15-16,18,25H,8-12H2,1-3H3,(H,27,28)(H,26,29,30). The second-order valence-corrected chi connectivity index (χ2v) is 9.85. The normalized spacial score (nSPS) is 23.3. The Morgan fingerprint density at radius 2 is 1.94 bits per heavy atom. The van der Waals surface area contributed by atoms with Crippen molar-refractivity contribution in [2.24, 2.45) is 11.8 Å². The smallest absolute Gasteiger partial charge is 0.225 e. The Kier molecular flexibility index (Phi) is 5.04. The van der Waals surface area contributed by atoms with Gasteiger partial charge in [-0.1, -0.05) is 12.1 Å². The second kappa shape index (κ2) is 7.75. The summed E-state index contributed by atoms with van der Waals surface area (Å²) < 4.78 is 15.4. The third-order valence-corrected chi connectivity index (χ3v) is 6.25. The molecule has 2 unspecified atom stereocenters. The number of nitrogens with zero attached hydrogens (tertiary/aromatic N) is 4. The minimum absolute atomic E-state index is 0.136. The fourth-order valence-corrected chi connectivity index (χ4v) is 4.93. The molecule has 8 heteroatoms. The summed E-state index contributed by atoms with van der Waals surface area (Å²) >= 11 is 0. The van der Waals surface area contributed by atoms with Gasteiger partial charge in [0.2, 0.25) is 11.9 Å². The lowest BCUT2D eigenvalue weighted by Gasteiger charge is -2.21. The van der Waals surface area contributed by atoms with Gasteiger partial charge in [0.15, 0.2) is 5.65 Å². The molecule has 3 heterocycles. The van der Waals surface area contributed by atoms with Gasteiger partial charge in [-0.15, -0.1) is 0 Å². The van der Waals surface area contributed by atoms with Crippen LogP contribution in [0.2, 0.25) is 0 Å². The highest BCUT2D eigenvalue weighted by Crippen LogP contribution is 2.44. The van der Waals surface area contributed by atoms with Crippen LogP contribution in [0.1, 0.15) is 45.2 Å². The predicted molar refractivity (Wildman–Crippen MR) is 121 cm³/mol. The molecule has 164 valence electrons. The summed E-state index contributed by atoms with van der Waals surface area (Å²) in [6, 6.07) is 7.74. The zero-order chi connectivity index (χ0) is 21.6. The molecule has 2 aliphatic rings. The Morgan fingerprint density at radius 3 is 2.65 bits per heavy atom. The molecule has 7 nitrogen and oxygen atoms in total. The van der Waals surface area contributed by atoms with Gasteiger partial charge >= 0.3 is 0 Å². The number of nitrogens with one attached hydrogen (secondary N) is 3.